The maximum Gasteiger partial charge on any atom is 0.337 e. The van der Waals surface area contributed by atoms with Gasteiger partial charge in [-0.3, -0.25) is 0 Å². The van der Waals surface area contributed by atoms with Crippen LogP contribution in [0.2, 0.25) is 10.0 Å². The number of halogens is 2. The molecule has 0 fully saturated rings. The van der Waals surface area contributed by atoms with E-state index < -0.39 is 5.97 Å². The van der Waals surface area contributed by atoms with Gasteiger partial charge < -0.3 is 16.2 Å². The van der Waals surface area contributed by atoms with Gasteiger partial charge in [0.15, 0.2) is 5.82 Å². The van der Waals surface area contributed by atoms with E-state index in [9.17, 15) is 4.79 Å². The highest BCUT2D eigenvalue weighted by atomic mass is 35.5. The Morgan fingerprint density at radius 2 is 2.00 bits per heavy atom. The number of carbonyl (C=O) groups is 1. The molecule has 5 nitrogen and oxygen atoms in total. The predicted molar refractivity (Wildman–Crippen MR) is 75.4 cm³/mol. The molecule has 7 heteroatoms. The monoisotopic (exact) mass is 297 g/mol. The van der Waals surface area contributed by atoms with Gasteiger partial charge >= 0.3 is 5.97 Å². The summed E-state index contributed by atoms with van der Waals surface area (Å²) in [5, 5.41) is 12.6. The van der Waals surface area contributed by atoms with Crippen LogP contribution in [0, 0.1) is 0 Å². The van der Waals surface area contributed by atoms with Crippen molar-refractivity contribution in [1.82, 2.24) is 4.98 Å². The molecule has 2 aromatic rings. The van der Waals surface area contributed by atoms with Crippen molar-refractivity contribution < 1.29 is 9.90 Å². The smallest absolute Gasteiger partial charge is 0.337 e. The van der Waals surface area contributed by atoms with Crippen LogP contribution < -0.4 is 11.1 Å². The van der Waals surface area contributed by atoms with Crippen LogP contribution in [0.1, 0.15) is 10.4 Å². The summed E-state index contributed by atoms with van der Waals surface area (Å²) in [6, 6.07) is 6.29. The molecule has 0 aliphatic carbocycles. The minimum absolute atomic E-state index is 0.0252. The Kier molecular flexibility index (Phi) is 3.78. The molecule has 0 atom stereocenters. The highest BCUT2D eigenvalue weighted by Gasteiger charge is 2.08. The molecule has 2 rings (SSSR count). The molecule has 0 radical (unpaired) electrons. The molecule has 4 N–H and O–H groups in total. The topological polar surface area (TPSA) is 88.2 Å². The third-order valence-corrected chi connectivity index (χ3v) is 3.09. The van der Waals surface area contributed by atoms with Crippen LogP contribution >= 0.6 is 23.2 Å². The van der Waals surface area contributed by atoms with Crippen LogP contribution in [0.5, 0.6) is 0 Å². The fraction of sp³-hybridized carbons (Fsp3) is 0. The SMILES string of the molecule is Nc1cc(C(=O)O)cnc1Nc1ccc(Cl)c(Cl)c1. The quantitative estimate of drug-likeness (QED) is 0.808. The normalized spacial score (nSPS) is 10.2. The van der Waals surface area contributed by atoms with Crippen molar-refractivity contribution in [1.29, 1.82) is 0 Å². The van der Waals surface area contributed by atoms with Gasteiger partial charge in [0.25, 0.3) is 0 Å². The number of nitrogens with two attached hydrogens (primary N) is 1. The van der Waals surface area contributed by atoms with Crippen LogP contribution in [0.3, 0.4) is 0 Å². The third kappa shape index (κ3) is 3.07. The lowest BCUT2D eigenvalue weighted by atomic mass is 10.2. The summed E-state index contributed by atoms with van der Waals surface area (Å²) in [6.45, 7) is 0. The van der Waals surface area contributed by atoms with Gasteiger partial charge in [-0.05, 0) is 24.3 Å². The molecule has 98 valence electrons. The highest BCUT2D eigenvalue weighted by Crippen LogP contribution is 2.28. The van der Waals surface area contributed by atoms with Gasteiger partial charge in [0.1, 0.15) is 0 Å². The number of anilines is 3. The minimum Gasteiger partial charge on any atom is -0.478 e. The summed E-state index contributed by atoms with van der Waals surface area (Å²) in [6.07, 6.45) is 1.22. The number of rotatable bonds is 3. The Labute approximate surface area is 119 Å². The predicted octanol–water partition coefficient (Wildman–Crippen LogP) is 3.41. The van der Waals surface area contributed by atoms with Crippen molar-refractivity contribution in [3.05, 3.63) is 46.1 Å². The highest BCUT2D eigenvalue weighted by molar-refractivity contribution is 6.42. The molecule has 0 saturated carbocycles. The Balaban J connectivity index is 2.28. The van der Waals surface area contributed by atoms with E-state index in [1.165, 1.54) is 12.3 Å². The first-order valence-corrected chi connectivity index (χ1v) is 5.94. The molecule has 0 aliphatic rings. The van der Waals surface area contributed by atoms with Crippen LogP contribution in [-0.4, -0.2) is 16.1 Å². The minimum atomic E-state index is -1.08. The maximum atomic E-state index is 10.8. The molecule has 0 saturated heterocycles. The van der Waals surface area contributed by atoms with Gasteiger partial charge in [-0.15, -0.1) is 0 Å². The zero-order valence-corrected chi connectivity index (χ0v) is 11.0. The molecule has 1 heterocycles. The molecule has 0 spiro atoms. The summed E-state index contributed by atoms with van der Waals surface area (Å²) in [5.74, 6) is -0.733. The fourth-order valence-corrected chi connectivity index (χ4v) is 1.71. The molecular formula is C12H9Cl2N3O2. The van der Waals surface area contributed by atoms with Crippen molar-refractivity contribution in [2.45, 2.75) is 0 Å². The lowest BCUT2D eigenvalue weighted by molar-refractivity contribution is 0.0696. The van der Waals surface area contributed by atoms with Crippen molar-refractivity contribution in [2.24, 2.45) is 0 Å². The lowest BCUT2D eigenvalue weighted by Gasteiger charge is -2.09. The van der Waals surface area contributed by atoms with E-state index in [1.807, 2.05) is 0 Å². The maximum absolute atomic E-state index is 10.8. The van der Waals surface area contributed by atoms with E-state index in [2.05, 4.69) is 10.3 Å². The zero-order valence-electron chi connectivity index (χ0n) is 9.52. The number of nitrogens with one attached hydrogen (secondary N) is 1. The number of nitrogens with zero attached hydrogens (tertiary/aromatic N) is 1. The van der Waals surface area contributed by atoms with Gasteiger partial charge in [-0.25, -0.2) is 9.78 Å². The number of aromatic nitrogens is 1. The van der Waals surface area contributed by atoms with Gasteiger partial charge in [-0.2, -0.15) is 0 Å². The van der Waals surface area contributed by atoms with Crippen LogP contribution in [0.15, 0.2) is 30.5 Å². The first-order chi connectivity index (χ1) is 8.97. The second kappa shape index (κ2) is 5.34. The standard InChI is InChI=1S/C12H9Cl2N3O2/c13-8-2-1-7(4-9(8)14)17-11-10(15)3-6(5-16-11)12(18)19/h1-5H,15H2,(H,16,17)(H,18,19). The molecule has 0 aliphatic heterocycles. The van der Waals surface area contributed by atoms with E-state index in [-0.39, 0.29) is 11.3 Å². The largest absolute Gasteiger partial charge is 0.478 e. The Hall–Kier alpha value is -1.98. The molecule has 1 aromatic heterocycles. The molecule has 19 heavy (non-hydrogen) atoms. The van der Waals surface area contributed by atoms with Gasteiger partial charge in [0.2, 0.25) is 0 Å². The van der Waals surface area contributed by atoms with Crippen molar-refractivity contribution in [3.63, 3.8) is 0 Å². The number of benzene rings is 1. The van der Waals surface area contributed by atoms with E-state index >= 15 is 0 Å². The first kappa shape index (κ1) is 13.5. The fourth-order valence-electron chi connectivity index (χ4n) is 1.41. The van der Waals surface area contributed by atoms with Crippen LogP contribution in [-0.2, 0) is 0 Å². The summed E-state index contributed by atoms with van der Waals surface area (Å²) in [4.78, 5) is 14.7. The number of nitrogen functional groups attached to an aromatic ring is 1. The summed E-state index contributed by atoms with van der Waals surface area (Å²) in [7, 11) is 0. The van der Waals surface area contributed by atoms with Crippen molar-refractivity contribution in [2.75, 3.05) is 11.1 Å². The summed E-state index contributed by atoms with van der Waals surface area (Å²) >= 11 is 11.7. The molecule has 0 unspecified atom stereocenters. The van der Waals surface area contributed by atoms with Gasteiger partial charge in [0.05, 0.1) is 21.3 Å². The Morgan fingerprint density at radius 3 is 2.58 bits per heavy atom. The Morgan fingerprint density at radius 1 is 1.26 bits per heavy atom. The van der Waals surface area contributed by atoms with E-state index in [0.29, 0.717) is 21.6 Å². The molecule has 0 bridgehead atoms. The van der Waals surface area contributed by atoms with E-state index in [0.717, 1.165) is 0 Å². The van der Waals surface area contributed by atoms with Gasteiger partial charge in [-0.1, -0.05) is 23.2 Å². The second-order valence-corrected chi connectivity index (χ2v) is 4.54. The van der Waals surface area contributed by atoms with Crippen molar-refractivity contribution >= 4 is 46.4 Å². The average molecular weight is 298 g/mol. The molecule has 1 aromatic carbocycles. The third-order valence-electron chi connectivity index (χ3n) is 2.35. The first-order valence-electron chi connectivity index (χ1n) is 5.18. The van der Waals surface area contributed by atoms with Crippen LogP contribution in [0.25, 0.3) is 0 Å². The zero-order chi connectivity index (χ0) is 14.0. The number of carboxylic acids is 1. The number of pyridine rings is 1. The number of aromatic carboxylic acids is 1. The second-order valence-electron chi connectivity index (χ2n) is 3.72. The average Bonchev–Trinajstić information content (AvgIpc) is 2.36. The summed E-state index contributed by atoms with van der Waals surface area (Å²) < 4.78 is 0. The van der Waals surface area contributed by atoms with E-state index in [1.54, 1.807) is 18.2 Å². The number of carboxylic acid groups (broad SMARTS) is 1. The lowest BCUT2D eigenvalue weighted by Crippen LogP contribution is -2.03. The summed E-state index contributed by atoms with van der Waals surface area (Å²) in [5.41, 5.74) is 6.63. The number of hydrogen-bond acceptors (Lipinski definition) is 4. The van der Waals surface area contributed by atoms with Gasteiger partial charge in [0, 0.05) is 11.9 Å². The van der Waals surface area contributed by atoms with Crippen LogP contribution in [0.4, 0.5) is 17.2 Å². The Bertz CT molecular complexity index is 647. The van der Waals surface area contributed by atoms with Crippen molar-refractivity contribution in [3.8, 4) is 0 Å². The number of hydrogen-bond donors (Lipinski definition) is 3. The van der Waals surface area contributed by atoms with E-state index in [4.69, 9.17) is 34.0 Å². The molecular weight excluding hydrogens is 289 g/mol. The molecule has 0 amide bonds.